The maximum atomic E-state index is 14.5. The summed E-state index contributed by atoms with van der Waals surface area (Å²) in [6.45, 7) is 3.61. The van der Waals surface area contributed by atoms with Crippen LogP contribution in [-0.2, 0) is 45.6 Å². The Morgan fingerprint density at radius 1 is 0.935 bits per heavy atom. The van der Waals surface area contributed by atoms with Gasteiger partial charge in [0.15, 0.2) is 21.8 Å². The zero-order valence-corrected chi connectivity index (χ0v) is 36.4. The highest BCUT2D eigenvalue weighted by Crippen LogP contribution is 2.42. The van der Waals surface area contributed by atoms with Gasteiger partial charge in [0, 0.05) is 13.0 Å². The summed E-state index contributed by atoms with van der Waals surface area (Å²) in [4.78, 5) is 31.2. The summed E-state index contributed by atoms with van der Waals surface area (Å²) in [6, 6.07) is 30.0. The Labute approximate surface area is 372 Å². The van der Waals surface area contributed by atoms with Crippen LogP contribution in [0.3, 0.4) is 0 Å². The van der Waals surface area contributed by atoms with Crippen molar-refractivity contribution in [2.45, 2.75) is 62.2 Å². The van der Waals surface area contributed by atoms with Crippen molar-refractivity contribution in [2.24, 2.45) is 0 Å². The van der Waals surface area contributed by atoms with E-state index in [1.54, 1.807) is 62.4 Å². The molecule has 62 heavy (non-hydrogen) atoms. The molecule has 12 nitrogen and oxygen atoms in total. The highest BCUT2D eigenvalue weighted by Gasteiger charge is 2.43. The molecule has 2 aliphatic heterocycles. The van der Waals surface area contributed by atoms with Gasteiger partial charge >= 0.3 is 5.97 Å². The number of ether oxygens (including phenoxy) is 3. The summed E-state index contributed by atoms with van der Waals surface area (Å²) in [7, 11) is -4.30. The first-order valence-corrected chi connectivity index (χ1v) is 22.5. The molecule has 0 radical (unpaired) electrons. The van der Waals surface area contributed by atoms with Gasteiger partial charge in [-0.15, -0.1) is 11.3 Å². The molecule has 1 amide bonds. The van der Waals surface area contributed by atoms with E-state index in [4.69, 9.17) is 42.7 Å². The standard InChI is InChI=1S/C46H38Cl2N4O8S2/c1-26-46(61-27(2)50-26)62(56,57)52-23-35-21-42-41(59-25-43(60-42)33-12-14-36(15-13-33)58-24-30-7-16-37(47)38(48)17-30)20-34(35)19-40(52)44(53)51-39(45(54)55)18-28-3-8-31(9-4-28)32-10-5-29(22-49)6-11-32/h3-17,20-21,39-40,43H,18-19,23-25H2,1-2H3,(H,51,53)(H,54,55)/t39-,40-,43?/m0/s1. The van der Waals surface area contributed by atoms with Crippen LogP contribution in [0.25, 0.3) is 11.1 Å². The second kappa shape index (κ2) is 17.8. The number of sulfonamides is 1. The van der Waals surface area contributed by atoms with Gasteiger partial charge in [0.25, 0.3) is 10.0 Å². The van der Waals surface area contributed by atoms with E-state index in [0.717, 1.165) is 37.9 Å². The van der Waals surface area contributed by atoms with Gasteiger partial charge in [-0.1, -0.05) is 77.8 Å². The number of nitrogens with one attached hydrogen (secondary N) is 1. The molecule has 316 valence electrons. The van der Waals surface area contributed by atoms with Crippen LogP contribution >= 0.6 is 34.5 Å². The van der Waals surface area contributed by atoms with E-state index in [0.29, 0.717) is 66.9 Å². The molecule has 2 N–H and O–H groups in total. The fraction of sp³-hybridized carbons (Fsp3) is 0.217. The molecule has 3 atom stereocenters. The largest absolute Gasteiger partial charge is 0.489 e. The lowest BCUT2D eigenvalue weighted by Crippen LogP contribution is -2.55. The van der Waals surface area contributed by atoms with Crippen molar-refractivity contribution >= 4 is 56.4 Å². The maximum absolute atomic E-state index is 14.5. The summed E-state index contributed by atoms with van der Waals surface area (Å²) in [5, 5.41) is 23.5. The number of hydrogen-bond acceptors (Lipinski definition) is 10. The molecular formula is C46H38Cl2N4O8S2. The second-order valence-electron chi connectivity index (χ2n) is 15.0. The van der Waals surface area contributed by atoms with Crippen LogP contribution < -0.4 is 19.5 Å². The van der Waals surface area contributed by atoms with Crippen molar-refractivity contribution in [3.8, 4) is 34.4 Å². The molecule has 5 aromatic carbocycles. The topological polar surface area (TPSA) is 168 Å². The first kappa shape index (κ1) is 42.7. The normalized spacial score (nSPS) is 16.4. The van der Waals surface area contributed by atoms with Crippen LogP contribution in [-0.4, -0.2) is 53.4 Å². The van der Waals surface area contributed by atoms with E-state index >= 15 is 0 Å². The third-order valence-electron chi connectivity index (χ3n) is 10.7. The van der Waals surface area contributed by atoms with Gasteiger partial charge in [0.1, 0.15) is 31.0 Å². The Morgan fingerprint density at radius 3 is 2.26 bits per heavy atom. The molecule has 6 aromatic rings. The SMILES string of the molecule is Cc1nc(C)c(S(=O)(=O)N2Cc3cc4c(cc3C[C@H]2C(=O)N[C@@H](Cc2ccc(-c3ccc(C#N)cc3)cc2)C(=O)O)OCC(c2ccc(OCc3ccc(Cl)c(Cl)c3)cc2)O4)s1. The Morgan fingerprint density at radius 2 is 1.61 bits per heavy atom. The monoisotopic (exact) mass is 908 g/mol. The predicted molar refractivity (Wildman–Crippen MR) is 234 cm³/mol. The zero-order valence-electron chi connectivity index (χ0n) is 33.3. The number of nitrogens with zero attached hydrogens (tertiary/aromatic N) is 3. The molecule has 0 saturated heterocycles. The van der Waals surface area contributed by atoms with Crippen LogP contribution in [0.5, 0.6) is 17.2 Å². The Bertz CT molecular complexity index is 2830. The highest BCUT2D eigenvalue weighted by atomic mass is 35.5. The fourth-order valence-electron chi connectivity index (χ4n) is 7.47. The number of aromatic nitrogens is 1. The average molecular weight is 910 g/mol. The minimum Gasteiger partial charge on any atom is -0.489 e. The van der Waals surface area contributed by atoms with E-state index in [2.05, 4.69) is 16.4 Å². The van der Waals surface area contributed by atoms with E-state index in [9.17, 15) is 23.1 Å². The van der Waals surface area contributed by atoms with Crippen molar-refractivity contribution in [1.29, 1.82) is 5.26 Å². The number of fused-ring (bicyclic) bond motifs is 2. The third-order valence-corrected chi connectivity index (χ3v) is 15.0. The smallest absolute Gasteiger partial charge is 0.326 e. The summed E-state index contributed by atoms with van der Waals surface area (Å²) >= 11 is 13.2. The van der Waals surface area contributed by atoms with E-state index in [-0.39, 0.29) is 30.2 Å². The lowest BCUT2D eigenvalue weighted by atomic mass is 9.94. The Balaban J connectivity index is 1.01. The molecule has 8 rings (SSSR count). The van der Waals surface area contributed by atoms with Gasteiger partial charge < -0.3 is 24.6 Å². The van der Waals surface area contributed by atoms with E-state index in [1.807, 2.05) is 54.6 Å². The van der Waals surface area contributed by atoms with Crippen molar-refractivity contribution < 1.29 is 37.3 Å². The van der Waals surface area contributed by atoms with Crippen molar-refractivity contribution in [1.82, 2.24) is 14.6 Å². The number of amides is 1. The summed E-state index contributed by atoms with van der Waals surface area (Å²) in [6.07, 6.45) is -0.576. The number of nitriles is 1. The van der Waals surface area contributed by atoms with Crippen molar-refractivity contribution in [3.63, 3.8) is 0 Å². The van der Waals surface area contributed by atoms with Gasteiger partial charge in [-0.2, -0.15) is 9.57 Å². The van der Waals surface area contributed by atoms with Gasteiger partial charge in [0.05, 0.1) is 32.4 Å². The minimum absolute atomic E-state index is 0.00962. The van der Waals surface area contributed by atoms with E-state index in [1.165, 1.54) is 0 Å². The van der Waals surface area contributed by atoms with Gasteiger partial charge in [0.2, 0.25) is 5.91 Å². The van der Waals surface area contributed by atoms with Gasteiger partial charge in [-0.3, -0.25) is 4.79 Å². The zero-order chi connectivity index (χ0) is 43.7. The van der Waals surface area contributed by atoms with Crippen LogP contribution in [0, 0.1) is 25.2 Å². The maximum Gasteiger partial charge on any atom is 0.326 e. The van der Waals surface area contributed by atoms with Crippen LogP contribution in [0.2, 0.25) is 10.0 Å². The average Bonchev–Trinajstić information content (AvgIpc) is 3.63. The van der Waals surface area contributed by atoms with Crippen LogP contribution in [0.1, 0.15) is 50.2 Å². The summed E-state index contributed by atoms with van der Waals surface area (Å²) in [5.41, 5.74) is 6.23. The number of halogens is 2. The molecule has 2 aliphatic rings. The Kier molecular flexibility index (Phi) is 12.3. The van der Waals surface area contributed by atoms with Crippen LogP contribution in [0.15, 0.2) is 107 Å². The van der Waals surface area contributed by atoms with Gasteiger partial charge in [-0.05, 0) is 108 Å². The number of thiazole rings is 1. The number of carbonyl (C=O) groups excluding carboxylic acids is 1. The second-order valence-corrected chi connectivity index (χ2v) is 19.1. The molecule has 3 heterocycles. The summed E-state index contributed by atoms with van der Waals surface area (Å²) < 4.78 is 48.6. The molecule has 0 saturated carbocycles. The predicted octanol–water partition coefficient (Wildman–Crippen LogP) is 8.62. The molecule has 0 fully saturated rings. The molecule has 1 unspecified atom stereocenters. The first-order valence-electron chi connectivity index (χ1n) is 19.5. The minimum atomic E-state index is -4.30. The number of carbonyl (C=O) groups is 2. The molecule has 0 bridgehead atoms. The summed E-state index contributed by atoms with van der Waals surface area (Å²) in [5.74, 6) is -0.519. The molecule has 0 spiro atoms. The number of carboxylic acids is 1. The lowest BCUT2D eigenvalue weighted by molar-refractivity contribution is -0.142. The number of benzene rings is 5. The lowest BCUT2D eigenvalue weighted by Gasteiger charge is -2.36. The Hall–Kier alpha value is -5.95. The number of aliphatic carboxylic acids is 1. The number of rotatable bonds is 12. The number of aryl methyl sites for hydroxylation is 2. The fourth-order valence-corrected chi connectivity index (χ4v) is 11.0. The van der Waals surface area contributed by atoms with Gasteiger partial charge in [-0.25, -0.2) is 18.2 Å². The first-order chi connectivity index (χ1) is 29.7. The van der Waals surface area contributed by atoms with Crippen molar-refractivity contribution in [3.05, 3.63) is 157 Å². The molecule has 0 aliphatic carbocycles. The number of carboxylic acid groups (broad SMARTS) is 1. The quantitative estimate of drug-likeness (QED) is 0.121. The van der Waals surface area contributed by atoms with Crippen molar-refractivity contribution in [2.75, 3.05) is 6.61 Å². The highest BCUT2D eigenvalue weighted by molar-refractivity contribution is 7.91. The third kappa shape index (κ3) is 9.13. The molecular weight excluding hydrogens is 872 g/mol. The molecule has 16 heteroatoms. The number of hydrogen-bond donors (Lipinski definition) is 2. The van der Waals surface area contributed by atoms with E-state index < -0.39 is 40.1 Å². The van der Waals surface area contributed by atoms with Crippen LogP contribution in [0.4, 0.5) is 0 Å². The molecule has 1 aromatic heterocycles.